The second-order valence-corrected chi connectivity index (χ2v) is 6.11. The third-order valence-electron chi connectivity index (χ3n) is 4.47. The van der Waals surface area contributed by atoms with Crippen molar-refractivity contribution in [3.05, 3.63) is 35.5 Å². The Hall–Kier alpha value is -2.37. The normalized spacial score (nSPS) is 15.7. The molecule has 0 bridgehead atoms. The lowest BCUT2D eigenvalue weighted by Crippen LogP contribution is -2.16. The smallest absolute Gasteiger partial charge is 0.387 e. The molecule has 0 saturated carbocycles. The summed E-state index contributed by atoms with van der Waals surface area (Å²) >= 11 is 0. The lowest BCUT2D eigenvalue weighted by Gasteiger charge is -2.27. The number of aromatic nitrogens is 1. The van der Waals surface area contributed by atoms with Gasteiger partial charge in [0.2, 0.25) is 0 Å². The average Bonchev–Trinajstić information content (AvgIpc) is 2.98. The highest BCUT2D eigenvalue weighted by atomic mass is 19.3. The zero-order valence-corrected chi connectivity index (χ0v) is 14.5. The van der Waals surface area contributed by atoms with Crippen LogP contribution in [0, 0.1) is 0 Å². The Kier molecular flexibility index (Phi) is 4.79. The Bertz CT molecular complexity index is 798. The van der Waals surface area contributed by atoms with Gasteiger partial charge in [-0.05, 0) is 36.6 Å². The molecule has 134 valence electrons. The Morgan fingerprint density at radius 1 is 1.32 bits per heavy atom. The van der Waals surface area contributed by atoms with Gasteiger partial charge in [-0.15, -0.1) is 0 Å². The van der Waals surface area contributed by atoms with Crippen LogP contribution in [0.25, 0.3) is 11.3 Å². The topological polar surface area (TPSA) is 40.5 Å². The Labute approximate surface area is 145 Å². The number of hydrogen-bond acceptors (Lipinski definition) is 3. The molecule has 4 nitrogen and oxygen atoms in total. The van der Waals surface area contributed by atoms with Crippen LogP contribution in [0.15, 0.2) is 24.4 Å². The summed E-state index contributed by atoms with van der Waals surface area (Å²) in [6.07, 6.45) is 2.31. The third kappa shape index (κ3) is 3.13. The molecule has 0 N–H and O–H groups in total. The van der Waals surface area contributed by atoms with E-state index in [0.717, 1.165) is 16.8 Å². The fraction of sp³-hybridized carbons (Fsp3) is 0.421. The van der Waals surface area contributed by atoms with Gasteiger partial charge in [0, 0.05) is 30.3 Å². The van der Waals surface area contributed by atoms with E-state index < -0.39 is 6.61 Å². The molecule has 1 aliphatic rings. The van der Waals surface area contributed by atoms with Crippen LogP contribution in [0.2, 0.25) is 0 Å². The fourth-order valence-corrected chi connectivity index (χ4v) is 3.38. The van der Waals surface area contributed by atoms with Gasteiger partial charge in [-0.2, -0.15) is 8.78 Å². The van der Waals surface area contributed by atoms with Crippen LogP contribution in [-0.4, -0.2) is 23.6 Å². The molecule has 1 aromatic heterocycles. The van der Waals surface area contributed by atoms with E-state index in [0.29, 0.717) is 25.1 Å². The average molecular weight is 349 g/mol. The van der Waals surface area contributed by atoms with Crippen molar-refractivity contribution in [3.63, 3.8) is 0 Å². The summed E-state index contributed by atoms with van der Waals surface area (Å²) in [7, 11) is 0. The molecule has 1 aromatic carbocycles. The van der Waals surface area contributed by atoms with E-state index in [1.54, 1.807) is 19.1 Å². The van der Waals surface area contributed by atoms with E-state index in [9.17, 15) is 13.6 Å². The van der Waals surface area contributed by atoms with Gasteiger partial charge in [-0.1, -0.05) is 13.8 Å². The van der Waals surface area contributed by atoms with Crippen molar-refractivity contribution in [3.8, 4) is 22.8 Å². The lowest BCUT2D eigenvalue weighted by atomic mass is 9.88. The van der Waals surface area contributed by atoms with E-state index in [4.69, 9.17) is 4.74 Å². The van der Waals surface area contributed by atoms with Gasteiger partial charge in [-0.3, -0.25) is 4.79 Å². The quantitative estimate of drug-likeness (QED) is 0.699. The van der Waals surface area contributed by atoms with E-state index in [2.05, 4.69) is 4.74 Å². The number of carbonyl (C=O) groups is 1. The summed E-state index contributed by atoms with van der Waals surface area (Å²) in [4.78, 5) is 12.3. The monoisotopic (exact) mass is 349 g/mol. The van der Waals surface area contributed by atoms with Crippen molar-refractivity contribution in [1.29, 1.82) is 0 Å². The second-order valence-electron chi connectivity index (χ2n) is 6.11. The molecule has 2 aromatic rings. The highest BCUT2D eigenvalue weighted by Crippen LogP contribution is 2.44. The van der Waals surface area contributed by atoms with Gasteiger partial charge >= 0.3 is 6.61 Å². The summed E-state index contributed by atoms with van der Waals surface area (Å²) in [5, 5.41) is 0. The van der Waals surface area contributed by atoms with Crippen molar-refractivity contribution < 1.29 is 23.0 Å². The molecule has 0 amide bonds. The SMILES string of the molecule is CCOc1cc2c(cc1OC(F)F)C(C)Cn1ccc(C(=O)CC)c1-2. The zero-order chi connectivity index (χ0) is 18.1. The standard InChI is InChI=1S/C19H21F2NO3/c1-4-15(23)12-6-7-22-10-11(3)13-8-17(25-19(20)21)16(24-5-2)9-14(13)18(12)22/h6-9,11,19H,4-5,10H2,1-3H3. The first-order valence-corrected chi connectivity index (χ1v) is 8.44. The van der Waals surface area contributed by atoms with E-state index >= 15 is 0 Å². The number of hydrogen-bond donors (Lipinski definition) is 0. The molecule has 1 atom stereocenters. The van der Waals surface area contributed by atoms with Gasteiger partial charge in [0.25, 0.3) is 0 Å². The molecule has 0 spiro atoms. The second kappa shape index (κ2) is 6.86. The van der Waals surface area contributed by atoms with Crippen LogP contribution >= 0.6 is 0 Å². The van der Waals surface area contributed by atoms with Crippen molar-refractivity contribution in [1.82, 2.24) is 4.57 Å². The minimum Gasteiger partial charge on any atom is -0.490 e. The molecule has 2 heterocycles. The van der Waals surface area contributed by atoms with Gasteiger partial charge in [-0.25, -0.2) is 0 Å². The first-order chi connectivity index (χ1) is 12.0. The number of carbonyl (C=O) groups excluding carboxylic acids is 1. The van der Waals surface area contributed by atoms with Gasteiger partial charge in [0.05, 0.1) is 12.3 Å². The van der Waals surface area contributed by atoms with Crippen molar-refractivity contribution in [2.75, 3.05) is 6.61 Å². The van der Waals surface area contributed by atoms with E-state index in [1.165, 1.54) is 0 Å². The number of rotatable bonds is 6. The Morgan fingerprint density at radius 3 is 2.72 bits per heavy atom. The minimum atomic E-state index is -2.92. The first-order valence-electron chi connectivity index (χ1n) is 8.44. The van der Waals surface area contributed by atoms with Crippen LogP contribution in [0.4, 0.5) is 8.78 Å². The third-order valence-corrected chi connectivity index (χ3v) is 4.47. The van der Waals surface area contributed by atoms with Gasteiger partial charge in [0.1, 0.15) is 0 Å². The number of halogens is 2. The molecular formula is C19H21F2NO3. The number of nitrogens with zero attached hydrogens (tertiary/aromatic N) is 1. The molecule has 3 rings (SSSR count). The highest BCUT2D eigenvalue weighted by molar-refractivity contribution is 6.02. The molecule has 0 radical (unpaired) electrons. The number of Topliss-reactive ketones (excluding diaryl/α,β-unsaturated/α-hetero) is 1. The van der Waals surface area contributed by atoms with Crippen LogP contribution < -0.4 is 9.47 Å². The number of fused-ring (bicyclic) bond motifs is 3. The molecule has 0 aliphatic carbocycles. The number of ketones is 1. The maximum Gasteiger partial charge on any atom is 0.387 e. The molecule has 1 unspecified atom stereocenters. The van der Waals surface area contributed by atoms with Gasteiger partial charge in [0.15, 0.2) is 17.3 Å². The molecule has 6 heteroatoms. The van der Waals surface area contributed by atoms with Gasteiger partial charge < -0.3 is 14.0 Å². The lowest BCUT2D eigenvalue weighted by molar-refractivity contribution is -0.0515. The van der Waals surface area contributed by atoms with Crippen LogP contribution in [0.1, 0.15) is 49.0 Å². The fourth-order valence-electron chi connectivity index (χ4n) is 3.38. The van der Waals surface area contributed by atoms with Crippen molar-refractivity contribution in [2.24, 2.45) is 0 Å². The molecule has 1 aliphatic heterocycles. The summed E-state index contributed by atoms with van der Waals surface area (Å²) in [6.45, 7) is 3.72. The summed E-state index contributed by atoms with van der Waals surface area (Å²) in [5.41, 5.74) is 3.20. The van der Waals surface area contributed by atoms with Crippen molar-refractivity contribution >= 4 is 5.78 Å². The highest BCUT2D eigenvalue weighted by Gasteiger charge is 2.28. The van der Waals surface area contributed by atoms with Crippen LogP contribution in [0.3, 0.4) is 0 Å². The predicted octanol–water partition coefficient (Wildman–Crippen LogP) is 4.87. The Morgan fingerprint density at radius 2 is 2.08 bits per heavy atom. The van der Waals surface area contributed by atoms with E-state index in [1.807, 2.05) is 30.7 Å². The van der Waals surface area contributed by atoms with E-state index in [-0.39, 0.29) is 23.2 Å². The number of ether oxygens (including phenoxy) is 2. The molecule has 0 saturated heterocycles. The van der Waals surface area contributed by atoms with Crippen LogP contribution in [-0.2, 0) is 6.54 Å². The Balaban J connectivity index is 2.19. The number of alkyl halides is 2. The largest absolute Gasteiger partial charge is 0.490 e. The summed E-state index contributed by atoms with van der Waals surface area (Å²) < 4.78 is 37.7. The maximum atomic E-state index is 12.7. The minimum absolute atomic E-state index is 0.0332. The first kappa shape index (κ1) is 17.5. The van der Waals surface area contributed by atoms with Crippen molar-refractivity contribution in [2.45, 2.75) is 46.3 Å². The summed E-state index contributed by atoms with van der Waals surface area (Å²) in [5.74, 6) is 0.458. The molecular weight excluding hydrogens is 328 g/mol. The molecule has 25 heavy (non-hydrogen) atoms. The summed E-state index contributed by atoms with van der Waals surface area (Å²) in [6, 6.07) is 5.16. The predicted molar refractivity (Wildman–Crippen MR) is 90.7 cm³/mol. The molecule has 0 fully saturated rings. The zero-order valence-electron chi connectivity index (χ0n) is 14.5. The van der Waals surface area contributed by atoms with Crippen LogP contribution in [0.5, 0.6) is 11.5 Å². The number of benzene rings is 1. The maximum absolute atomic E-state index is 12.7.